The maximum atomic E-state index is 12.2. The normalized spacial score (nSPS) is 21.3. The zero-order valence-electron chi connectivity index (χ0n) is 12.8. The van der Waals surface area contributed by atoms with Crippen molar-refractivity contribution in [2.45, 2.75) is 65.8 Å². The minimum absolute atomic E-state index is 0.0212. The van der Waals surface area contributed by atoms with Crippen LogP contribution in [-0.4, -0.2) is 35.8 Å². The molecule has 0 aromatic rings. The summed E-state index contributed by atoms with van der Waals surface area (Å²) < 4.78 is 0. The average molecular weight is 268 g/mol. The van der Waals surface area contributed by atoms with Crippen LogP contribution in [0.1, 0.15) is 59.8 Å². The zero-order valence-corrected chi connectivity index (χ0v) is 12.8. The summed E-state index contributed by atoms with van der Waals surface area (Å²) in [5, 5.41) is 2.73. The van der Waals surface area contributed by atoms with Crippen LogP contribution in [0.25, 0.3) is 0 Å². The first-order valence-electron chi connectivity index (χ1n) is 7.44. The van der Waals surface area contributed by atoms with Gasteiger partial charge in [0.05, 0.1) is 0 Å². The predicted molar refractivity (Wildman–Crippen MR) is 76.7 cm³/mol. The molecule has 4 nitrogen and oxygen atoms in total. The van der Waals surface area contributed by atoms with Crippen molar-refractivity contribution in [3.05, 3.63) is 0 Å². The number of hydrogen-bond donors (Lipinski definition) is 1. The van der Waals surface area contributed by atoms with Gasteiger partial charge in [-0.1, -0.05) is 40.0 Å². The molecule has 2 amide bonds. The van der Waals surface area contributed by atoms with E-state index >= 15 is 0 Å². The second-order valence-electron chi connectivity index (χ2n) is 6.42. The highest BCUT2D eigenvalue weighted by Gasteiger charge is 2.30. The van der Waals surface area contributed by atoms with Crippen molar-refractivity contribution in [3.8, 4) is 0 Å². The summed E-state index contributed by atoms with van der Waals surface area (Å²) in [6.07, 6.45) is 5.21. The van der Waals surface area contributed by atoms with Crippen LogP contribution in [0.3, 0.4) is 0 Å². The molecule has 0 radical (unpaired) electrons. The number of nitrogens with zero attached hydrogens (tertiary/aromatic N) is 1. The van der Waals surface area contributed by atoms with Crippen molar-refractivity contribution in [2.75, 3.05) is 13.1 Å². The fourth-order valence-corrected chi connectivity index (χ4v) is 2.60. The van der Waals surface area contributed by atoms with E-state index in [9.17, 15) is 9.59 Å². The molecule has 1 fully saturated rings. The minimum atomic E-state index is -0.388. The van der Waals surface area contributed by atoms with E-state index in [4.69, 9.17) is 0 Å². The smallest absolute Gasteiger partial charge is 0.244 e. The molecule has 1 aliphatic rings. The Morgan fingerprint density at radius 3 is 2.63 bits per heavy atom. The van der Waals surface area contributed by atoms with E-state index in [0.717, 1.165) is 13.0 Å². The third-order valence-electron chi connectivity index (χ3n) is 3.74. The maximum absolute atomic E-state index is 12.2. The van der Waals surface area contributed by atoms with Gasteiger partial charge in [-0.25, -0.2) is 0 Å². The summed E-state index contributed by atoms with van der Waals surface area (Å²) in [4.78, 5) is 25.5. The zero-order chi connectivity index (χ0) is 14.5. The highest BCUT2D eigenvalue weighted by molar-refractivity contribution is 5.89. The van der Waals surface area contributed by atoms with Gasteiger partial charge >= 0.3 is 0 Å². The molecule has 1 atom stereocenters. The highest BCUT2D eigenvalue weighted by atomic mass is 16.2. The lowest BCUT2D eigenvalue weighted by Gasteiger charge is -2.33. The number of carbonyl (C=O) groups excluding carboxylic acids is 2. The number of amides is 2. The Morgan fingerprint density at radius 2 is 2.00 bits per heavy atom. The van der Waals surface area contributed by atoms with Crippen molar-refractivity contribution in [3.63, 3.8) is 0 Å². The number of nitrogens with one attached hydrogen (secondary N) is 1. The Kier molecular flexibility index (Phi) is 5.83. The molecule has 1 unspecified atom stereocenters. The lowest BCUT2D eigenvalue weighted by molar-refractivity contribution is -0.134. The molecule has 4 heteroatoms. The summed E-state index contributed by atoms with van der Waals surface area (Å²) in [7, 11) is 0. The van der Waals surface area contributed by atoms with Gasteiger partial charge in [0.25, 0.3) is 0 Å². The maximum Gasteiger partial charge on any atom is 0.244 e. The standard InChI is InChI=1S/C15H28N2O2/c1-5-6-7-9-15(3,4)11-17-10-8-13(18)16-12(2)14(17)19/h12H,5-11H2,1-4H3,(H,16,18). The van der Waals surface area contributed by atoms with Gasteiger partial charge < -0.3 is 10.2 Å². The van der Waals surface area contributed by atoms with Gasteiger partial charge in [-0.15, -0.1) is 0 Å². The Balaban J connectivity index is 2.57. The van der Waals surface area contributed by atoms with Crippen LogP contribution in [0.5, 0.6) is 0 Å². The van der Waals surface area contributed by atoms with E-state index < -0.39 is 0 Å². The molecule has 19 heavy (non-hydrogen) atoms. The molecule has 1 saturated heterocycles. The first kappa shape index (κ1) is 16.0. The van der Waals surface area contributed by atoms with Crippen LogP contribution in [0.15, 0.2) is 0 Å². The monoisotopic (exact) mass is 268 g/mol. The molecule has 1 rings (SSSR count). The van der Waals surface area contributed by atoms with Crippen LogP contribution in [0, 0.1) is 5.41 Å². The molecular formula is C15H28N2O2. The first-order valence-corrected chi connectivity index (χ1v) is 7.44. The molecule has 1 aliphatic heterocycles. The molecular weight excluding hydrogens is 240 g/mol. The summed E-state index contributed by atoms with van der Waals surface area (Å²) in [5.41, 5.74) is 0.123. The number of rotatable bonds is 6. The van der Waals surface area contributed by atoms with Gasteiger partial charge in [-0.05, 0) is 18.8 Å². The van der Waals surface area contributed by atoms with Crippen LogP contribution in [-0.2, 0) is 9.59 Å². The molecule has 0 aromatic carbocycles. The molecule has 1 N–H and O–H groups in total. The average Bonchev–Trinajstić information content (AvgIpc) is 2.43. The summed E-state index contributed by atoms with van der Waals surface area (Å²) in [6.45, 7) is 9.68. The van der Waals surface area contributed by atoms with Crippen LogP contribution in [0.2, 0.25) is 0 Å². The lowest BCUT2D eigenvalue weighted by Crippen LogP contribution is -2.45. The van der Waals surface area contributed by atoms with E-state index in [2.05, 4.69) is 26.1 Å². The van der Waals surface area contributed by atoms with Crippen molar-refractivity contribution in [2.24, 2.45) is 5.41 Å². The quantitative estimate of drug-likeness (QED) is 0.752. The second-order valence-corrected chi connectivity index (χ2v) is 6.42. The van der Waals surface area contributed by atoms with E-state index in [1.54, 1.807) is 6.92 Å². The van der Waals surface area contributed by atoms with Crippen molar-refractivity contribution in [1.82, 2.24) is 10.2 Å². The number of hydrogen-bond acceptors (Lipinski definition) is 2. The Labute approximate surface area is 116 Å². The number of unbranched alkanes of at least 4 members (excludes halogenated alkanes) is 2. The largest absolute Gasteiger partial charge is 0.345 e. The van der Waals surface area contributed by atoms with Gasteiger partial charge in [0.1, 0.15) is 6.04 Å². The molecule has 0 aromatic heterocycles. The SMILES string of the molecule is CCCCCC(C)(C)CN1CCC(=O)NC(C)C1=O. The van der Waals surface area contributed by atoms with E-state index in [1.165, 1.54) is 19.3 Å². The predicted octanol–water partition coefficient (Wildman–Crippen LogP) is 2.33. The van der Waals surface area contributed by atoms with Crippen molar-refractivity contribution < 1.29 is 9.59 Å². The van der Waals surface area contributed by atoms with E-state index in [-0.39, 0.29) is 23.3 Å². The Bertz CT molecular complexity index is 326. The van der Waals surface area contributed by atoms with Crippen molar-refractivity contribution in [1.29, 1.82) is 0 Å². The fourth-order valence-electron chi connectivity index (χ4n) is 2.60. The Hall–Kier alpha value is -1.06. The second kappa shape index (κ2) is 6.92. The Morgan fingerprint density at radius 1 is 1.32 bits per heavy atom. The lowest BCUT2D eigenvalue weighted by atomic mass is 9.86. The summed E-state index contributed by atoms with van der Waals surface area (Å²) in [5.74, 6) is 0.0292. The van der Waals surface area contributed by atoms with Gasteiger partial charge in [0.15, 0.2) is 0 Å². The molecule has 1 heterocycles. The summed E-state index contributed by atoms with van der Waals surface area (Å²) >= 11 is 0. The molecule has 0 bridgehead atoms. The first-order chi connectivity index (χ1) is 8.85. The van der Waals surface area contributed by atoms with Crippen LogP contribution < -0.4 is 5.32 Å². The highest BCUT2D eigenvalue weighted by Crippen LogP contribution is 2.25. The topological polar surface area (TPSA) is 49.4 Å². The molecule has 0 spiro atoms. The van der Waals surface area contributed by atoms with Crippen LogP contribution >= 0.6 is 0 Å². The van der Waals surface area contributed by atoms with Gasteiger partial charge in [-0.3, -0.25) is 9.59 Å². The van der Waals surface area contributed by atoms with Crippen LogP contribution in [0.4, 0.5) is 0 Å². The fraction of sp³-hybridized carbons (Fsp3) is 0.867. The minimum Gasteiger partial charge on any atom is -0.345 e. The van der Waals surface area contributed by atoms with E-state index in [0.29, 0.717) is 13.0 Å². The summed E-state index contributed by atoms with van der Waals surface area (Å²) in [6, 6.07) is -0.388. The molecule has 0 saturated carbocycles. The third kappa shape index (κ3) is 5.21. The van der Waals surface area contributed by atoms with E-state index in [1.807, 2.05) is 4.90 Å². The number of carbonyl (C=O) groups is 2. The van der Waals surface area contributed by atoms with Crippen molar-refractivity contribution >= 4 is 11.8 Å². The van der Waals surface area contributed by atoms with Gasteiger partial charge in [-0.2, -0.15) is 0 Å². The van der Waals surface area contributed by atoms with Gasteiger partial charge in [0.2, 0.25) is 11.8 Å². The third-order valence-corrected chi connectivity index (χ3v) is 3.74. The molecule has 0 aliphatic carbocycles. The molecule has 110 valence electrons. The van der Waals surface area contributed by atoms with Gasteiger partial charge in [0, 0.05) is 19.5 Å².